The van der Waals surface area contributed by atoms with Crippen molar-refractivity contribution in [1.82, 2.24) is 0 Å². The van der Waals surface area contributed by atoms with Crippen molar-refractivity contribution >= 4 is 42.4 Å². The van der Waals surface area contributed by atoms with Gasteiger partial charge in [-0.25, -0.2) is 0 Å². The van der Waals surface area contributed by atoms with Crippen LogP contribution in [0.25, 0.3) is 0 Å². The van der Waals surface area contributed by atoms with Crippen LogP contribution in [0.3, 0.4) is 0 Å². The first kappa shape index (κ1) is 11.4. The Morgan fingerprint density at radius 1 is 1.31 bits per heavy atom. The molecule has 0 aliphatic rings. The third-order valence-electron chi connectivity index (χ3n) is 1.52. The Hall–Kier alpha value is 0.278. The van der Waals surface area contributed by atoms with E-state index in [1.54, 1.807) is 0 Å². The molecular weight excluding hydrogens is 261 g/mol. The summed E-state index contributed by atoms with van der Waals surface area (Å²) >= 11 is -0.882. The molecule has 1 atom stereocenters. The zero-order valence-electron chi connectivity index (χ0n) is 7.86. The molecule has 0 saturated carbocycles. The summed E-state index contributed by atoms with van der Waals surface area (Å²) in [6.45, 7) is 2.22. The third kappa shape index (κ3) is 3.49. The minimum atomic E-state index is -0.882. The van der Waals surface area contributed by atoms with Gasteiger partial charge < -0.3 is 0 Å². The second-order valence-corrected chi connectivity index (χ2v) is 14.7. The zero-order chi connectivity index (χ0) is 9.68. The van der Waals surface area contributed by atoms with Crippen LogP contribution in [0.2, 0.25) is 0 Å². The maximum absolute atomic E-state index is 5.64. The average molecular weight is 275 g/mol. The second kappa shape index (κ2) is 5.89. The van der Waals surface area contributed by atoms with Crippen molar-refractivity contribution in [3.8, 4) is 0 Å². The molecule has 1 aromatic rings. The summed E-state index contributed by atoms with van der Waals surface area (Å²) in [5.41, 5.74) is 6.51. The summed E-state index contributed by atoms with van der Waals surface area (Å²) in [5, 5.41) is 0. The van der Waals surface area contributed by atoms with Crippen molar-refractivity contribution in [1.29, 1.82) is 0 Å². The topological polar surface area (TPSA) is 26.0 Å². The first-order valence-corrected chi connectivity index (χ1v) is 11.8. The van der Waals surface area contributed by atoms with Crippen LogP contribution in [0.1, 0.15) is 6.92 Å². The van der Waals surface area contributed by atoms with Gasteiger partial charge in [-0.3, -0.25) is 0 Å². The van der Waals surface area contributed by atoms with Crippen molar-refractivity contribution < 1.29 is 0 Å². The SMILES string of the molecule is CCS[As](SC)c1ccc(N)cc1. The molecule has 0 fully saturated rings. The van der Waals surface area contributed by atoms with Crippen molar-refractivity contribution in [2.75, 3.05) is 17.7 Å². The van der Waals surface area contributed by atoms with Gasteiger partial charge in [0.05, 0.1) is 0 Å². The molecule has 0 saturated heterocycles. The number of benzene rings is 1. The van der Waals surface area contributed by atoms with E-state index in [1.165, 1.54) is 10.1 Å². The summed E-state index contributed by atoms with van der Waals surface area (Å²) < 4.78 is 1.50. The van der Waals surface area contributed by atoms with Crippen LogP contribution in [-0.2, 0) is 0 Å². The predicted molar refractivity (Wildman–Crippen MR) is 67.9 cm³/mol. The molecule has 4 heteroatoms. The Morgan fingerprint density at radius 3 is 2.38 bits per heavy atom. The average Bonchev–Trinajstić information content (AvgIpc) is 2.16. The van der Waals surface area contributed by atoms with Crippen LogP contribution < -0.4 is 10.1 Å². The van der Waals surface area contributed by atoms with Gasteiger partial charge in [0, 0.05) is 0 Å². The number of hydrogen-bond donors (Lipinski definition) is 1. The Balaban J connectivity index is 2.73. The summed E-state index contributed by atoms with van der Waals surface area (Å²) in [4.78, 5) is 0. The Labute approximate surface area is 91.1 Å². The molecule has 1 nitrogen and oxygen atoms in total. The van der Waals surface area contributed by atoms with Crippen molar-refractivity contribution in [2.45, 2.75) is 6.92 Å². The summed E-state index contributed by atoms with van der Waals surface area (Å²) in [6, 6.07) is 8.36. The molecule has 0 radical (unpaired) electrons. The molecule has 1 rings (SSSR count). The first-order chi connectivity index (χ1) is 6.27. The van der Waals surface area contributed by atoms with Crippen molar-refractivity contribution in [3.63, 3.8) is 0 Å². The molecule has 1 unspecified atom stereocenters. The van der Waals surface area contributed by atoms with Crippen molar-refractivity contribution in [2.24, 2.45) is 0 Å². The van der Waals surface area contributed by atoms with E-state index in [9.17, 15) is 0 Å². The molecule has 0 amide bonds. The van der Waals surface area contributed by atoms with Crippen LogP contribution in [0, 0.1) is 0 Å². The molecule has 0 aliphatic carbocycles. The monoisotopic (exact) mass is 275 g/mol. The van der Waals surface area contributed by atoms with Crippen LogP contribution >= 0.6 is 20.0 Å². The number of hydrogen-bond acceptors (Lipinski definition) is 3. The molecule has 2 N–H and O–H groups in total. The Bertz CT molecular complexity index is 250. The van der Waals surface area contributed by atoms with Gasteiger partial charge in [0.15, 0.2) is 0 Å². The van der Waals surface area contributed by atoms with Gasteiger partial charge in [-0.1, -0.05) is 0 Å². The maximum atomic E-state index is 5.64. The normalized spacial score (nSPS) is 12.8. The molecule has 13 heavy (non-hydrogen) atoms. The molecule has 0 aromatic heterocycles. The van der Waals surface area contributed by atoms with E-state index in [0.717, 1.165) is 5.69 Å². The van der Waals surface area contributed by atoms with E-state index in [1.807, 2.05) is 22.2 Å². The van der Waals surface area contributed by atoms with Gasteiger partial charge in [0.2, 0.25) is 0 Å². The molecule has 0 bridgehead atoms. The van der Waals surface area contributed by atoms with Crippen LogP contribution in [-0.4, -0.2) is 24.3 Å². The second-order valence-electron chi connectivity index (χ2n) is 2.45. The Morgan fingerprint density at radius 2 is 1.92 bits per heavy atom. The fourth-order valence-electron chi connectivity index (χ4n) is 0.946. The summed E-state index contributed by atoms with van der Waals surface area (Å²) in [6.07, 6.45) is 2.21. The zero-order valence-corrected chi connectivity index (χ0v) is 11.4. The quantitative estimate of drug-likeness (QED) is 0.673. The first-order valence-electron chi connectivity index (χ1n) is 4.10. The van der Waals surface area contributed by atoms with E-state index < -0.39 is 12.3 Å². The van der Waals surface area contributed by atoms with Gasteiger partial charge in [-0.05, 0) is 0 Å². The fraction of sp³-hybridized carbons (Fsp3) is 0.333. The number of anilines is 1. The van der Waals surface area contributed by atoms with E-state index in [2.05, 4.69) is 35.3 Å². The fourth-order valence-corrected chi connectivity index (χ4v) is 11.4. The Kier molecular flexibility index (Phi) is 5.15. The molecule has 1 aromatic carbocycles. The van der Waals surface area contributed by atoms with E-state index in [0.29, 0.717) is 0 Å². The van der Waals surface area contributed by atoms with E-state index in [4.69, 9.17) is 5.73 Å². The third-order valence-corrected chi connectivity index (χ3v) is 15.2. The van der Waals surface area contributed by atoms with Crippen molar-refractivity contribution in [3.05, 3.63) is 24.3 Å². The molecule has 0 spiro atoms. The molecule has 72 valence electrons. The standard InChI is InChI=1S/C9H14AsNS2/c1-3-13-10(12-2)8-4-6-9(11)7-5-8/h4-7H,3,11H2,1-2H3. The number of nitrogen functional groups attached to an aromatic ring is 1. The molecule has 0 heterocycles. The number of nitrogens with two attached hydrogens (primary N) is 1. The number of rotatable bonds is 4. The van der Waals surface area contributed by atoms with Gasteiger partial charge >= 0.3 is 91.4 Å². The summed E-state index contributed by atoms with van der Waals surface area (Å²) in [7, 11) is 4.12. The van der Waals surface area contributed by atoms with Gasteiger partial charge in [-0.15, -0.1) is 0 Å². The summed E-state index contributed by atoms with van der Waals surface area (Å²) in [5.74, 6) is 1.21. The van der Waals surface area contributed by atoms with E-state index >= 15 is 0 Å². The van der Waals surface area contributed by atoms with Gasteiger partial charge in [0.25, 0.3) is 0 Å². The predicted octanol–water partition coefficient (Wildman–Crippen LogP) is 2.08. The van der Waals surface area contributed by atoms with E-state index in [-0.39, 0.29) is 0 Å². The van der Waals surface area contributed by atoms with Crippen LogP contribution in [0.5, 0.6) is 0 Å². The van der Waals surface area contributed by atoms with Gasteiger partial charge in [-0.2, -0.15) is 0 Å². The van der Waals surface area contributed by atoms with Gasteiger partial charge in [0.1, 0.15) is 0 Å². The molecule has 0 aliphatic heterocycles. The van der Waals surface area contributed by atoms with Crippen LogP contribution in [0.15, 0.2) is 24.3 Å². The van der Waals surface area contributed by atoms with Crippen LogP contribution in [0.4, 0.5) is 5.69 Å². The molecular formula is C9H14AsNS2. The minimum absolute atomic E-state index is 0.861.